The average molecular weight is 333 g/mol. The maximum Gasteiger partial charge on any atom is 0.244 e. The minimum atomic E-state index is -0.289. The lowest BCUT2D eigenvalue weighted by Gasteiger charge is -2.33. The van der Waals surface area contributed by atoms with Crippen molar-refractivity contribution in [1.29, 1.82) is 0 Å². The molecule has 0 bridgehead atoms. The number of carbonyl (C=O) groups is 1. The number of halogens is 1. The number of aromatic nitrogens is 4. The molecule has 1 aromatic heterocycles. The lowest BCUT2D eigenvalue weighted by molar-refractivity contribution is -0.140. The lowest BCUT2D eigenvalue weighted by Crippen LogP contribution is -2.44. The molecule has 1 aliphatic heterocycles. The van der Waals surface area contributed by atoms with E-state index >= 15 is 0 Å². The third-order valence-corrected chi connectivity index (χ3v) is 4.02. The van der Waals surface area contributed by atoms with Crippen LogP contribution in [0.15, 0.2) is 24.3 Å². The Hall–Kier alpha value is -2.35. The zero-order valence-corrected chi connectivity index (χ0v) is 13.7. The second-order valence-electron chi connectivity index (χ2n) is 6.10. The van der Waals surface area contributed by atoms with Gasteiger partial charge in [-0.1, -0.05) is 26.0 Å². The molecule has 1 amide bonds. The molecule has 0 aliphatic carbocycles. The van der Waals surface area contributed by atoms with Crippen LogP contribution in [-0.4, -0.2) is 50.7 Å². The molecule has 0 spiro atoms. The van der Waals surface area contributed by atoms with E-state index in [9.17, 15) is 9.18 Å². The molecule has 7 nitrogen and oxygen atoms in total. The highest BCUT2D eigenvalue weighted by molar-refractivity contribution is 5.76. The van der Waals surface area contributed by atoms with Gasteiger partial charge in [-0.05, 0) is 28.1 Å². The molecule has 24 heavy (non-hydrogen) atoms. The number of tetrazole rings is 1. The van der Waals surface area contributed by atoms with Gasteiger partial charge in [-0.25, -0.2) is 9.07 Å². The molecular formula is C16H20FN5O2. The fourth-order valence-electron chi connectivity index (χ4n) is 2.72. The van der Waals surface area contributed by atoms with Gasteiger partial charge in [0.05, 0.1) is 13.2 Å². The average Bonchev–Trinajstić information content (AvgIpc) is 3.04. The number of benzene rings is 1. The number of nitrogens with zero attached hydrogens (tertiary/aromatic N) is 5. The molecule has 1 atom stereocenters. The van der Waals surface area contributed by atoms with Gasteiger partial charge in [-0.15, -0.1) is 5.10 Å². The van der Waals surface area contributed by atoms with Crippen LogP contribution in [0.2, 0.25) is 0 Å². The summed E-state index contributed by atoms with van der Waals surface area (Å²) < 4.78 is 20.3. The van der Waals surface area contributed by atoms with Crippen LogP contribution in [0.1, 0.15) is 37.3 Å². The molecule has 0 N–H and O–H groups in total. The first-order valence-electron chi connectivity index (χ1n) is 7.95. The third kappa shape index (κ3) is 3.59. The molecule has 0 unspecified atom stereocenters. The van der Waals surface area contributed by atoms with Crippen LogP contribution in [0.25, 0.3) is 0 Å². The van der Waals surface area contributed by atoms with Crippen LogP contribution in [-0.2, 0) is 16.1 Å². The predicted molar refractivity (Wildman–Crippen MR) is 83.6 cm³/mol. The minimum Gasteiger partial charge on any atom is -0.370 e. The number of carbonyl (C=O) groups excluding carboxylic acids is 1. The first-order valence-corrected chi connectivity index (χ1v) is 7.95. The number of rotatable bonds is 4. The molecule has 1 aliphatic rings. The van der Waals surface area contributed by atoms with Crippen LogP contribution in [0.5, 0.6) is 0 Å². The predicted octanol–water partition coefficient (Wildman–Crippen LogP) is 1.54. The van der Waals surface area contributed by atoms with E-state index in [1.54, 1.807) is 17.0 Å². The van der Waals surface area contributed by atoms with Crippen molar-refractivity contribution >= 4 is 5.91 Å². The molecule has 2 heterocycles. The Morgan fingerprint density at radius 3 is 2.83 bits per heavy atom. The van der Waals surface area contributed by atoms with Crippen LogP contribution < -0.4 is 0 Å². The van der Waals surface area contributed by atoms with E-state index in [-0.39, 0.29) is 30.3 Å². The van der Waals surface area contributed by atoms with Gasteiger partial charge >= 0.3 is 0 Å². The van der Waals surface area contributed by atoms with E-state index in [1.165, 1.54) is 16.8 Å². The largest absolute Gasteiger partial charge is 0.370 e. The molecule has 8 heteroatoms. The zero-order chi connectivity index (χ0) is 17.1. The molecule has 0 radical (unpaired) electrons. The highest BCUT2D eigenvalue weighted by Gasteiger charge is 2.26. The van der Waals surface area contributed by atoms with Crippen LogP contribution in [0.4, 0.5) is 4.39 Å². The van der Waals surface area contributed by atoms with Crippen LogP contribution >= 0.6 is 0 Å². The standard InChI is InChI=1S/C16H20FN5O2/c1-11(2)16-18-19-20-22(16)10-15(23)21-7-8-24-14(9-21)12-3-5-13(17)6-4-12/h3-6,11,14H,7-10H2,1-2H3/t14-/m1/s1. The van der Waals surface area contributed by atoms with Gasteiger partial charge in [0, 0.05) is 12.5 Å². The van der Waals surface area contributed by atoms with Crippen molar-refractivity contribution in [2.45, 2.75) is 32.4 Å². The van der Waals surface area contributed by atoms with Crippen LogP contribution in [0.3, 0.4) is 0 Å². The van der Waals surface area contributed by atoms with Crippen molar-refractivity contribution in [3.8, 4) is 0 Å². The molecule has 1 fully saturated rings. The van der Waals surface area contributed by atoms with E-state index < -0.39 is 0 Å². The number of ether oxygens (including phenoxy) is 1. The smallest absolute Gasteiger partial charge is 0.244 e. The van der Waals surface area contributed by atoms with Crippen molar-refractivity contribution in [2.75, 3.05) is 19.7 Å². The number of morpholine rings is 1. The van der Waals surface area contributed by atoms with E-state index in [1.807, 2.05) is 13.8 Å². The highest BCUT2D eigenvalue weighted by Crippen LogP contribution is 2.22. The Kier molecular flexibility index (Phi) is 4.84. The number of hydrogen-bond acceptors (Lipinski definition) is 5. The monoisotopic (exact) mass is 333 g/mol. The minimum absolute atomic E-state index is 0.0559. The van der Waals surface area contributed by atoms with Gasteiger partial charge in [-0.2, -0.15) is 0 Å². The fourth-order valence-corrected chi connectivity index (χ4v) is 2.72. The number of hydrogen-bond donors (Lipinski definition) is 0. The quantitative estimate of drug-likeness (QED) is 0.848. The summed E-state index contributed by atoms with van der Waals surface area (Å²) in [6.45, 7) is 5.47. The first kappa shape index (κ1) is 16.5. The van der Waals surface area contributed by atoms with E-state index in [0.29, 0.717) is 25.5 Å². The molecule has 128 valence electrons. The normalized spacial score (nSPS) is 18.2. The zero-order valence-electron chi connectivity index (χ0n) is 13.7. The lowest BCUT2D eigenvalue weighted by atomic mass is 10.1. The van der Waals surface area contributed by atoms with Crippen molar-refractivity contribution < 1.29 is 13.9 Å². The van der Waals surface area contributed by atoms with Crippen molar-refractivity contribution in [3.63, 3.8) is 0 Å². The summed E-state index contributed by atoms with van der Waals surface area (Å²) in [5.74, 6) is 0.484. The molecule has 0 saturated carbocycles. The van der Waals surface area contributed by atoms with Crippen molar-refractivity contribution in [3.05, 3.63) is 41.5 Å². The van der Waals surface area contributed by atoms with Crippen molar-refractivity contribution in [2.24, 2.45) is 0 Å². The maximum absolute atomic E-state index is 13.0. The fraction of sp³-hybridized carbons (Fsp3) is 0.500. The molecule has 1 saturated heterocycles. The van der Waals surface area contributed by atoms with E-state index in [2.05, 4.69) is 15.5 Å². The van der Waals surface area contributed by atoms with Gasteiger partial charge < -0.3 is 9.64 Å². The van der Waals surface area contributed by atoms with Gasteiger partial charge in [0.25, 0.3) is 0 Å². The Morgan fingerprint density at radius 1 is 1.38 bits per heavy atom. The highest BCUT2D eigenvalue weighted by atomic mass is 19.1. The van der Waals surface area contributed by atoms with Gasteiger partial charge in [0.1, 0.15) is 18.5 Å². The van der Waals surface area contributed by atoms with E-state index in [0.717, 1.165) is 5.56 Å². The summed E-state index contributed by atoms with van der Waals surface area (Å²) in [5, 5.41) is 11.5. The maximum atomic E-state index is 13.0. The van der Waals surface area contributed by atoms with Gasteiger partial charge in [0.2, 0.25) is 5.91 Å². The molecule has 3 rings (SSSR count). The molecular weight excluding hydrogens is 313 g/mol. The summed E-state index contributed by atoms with van der Waals surface area (Å²) in [6.07, 6.45) is -0.248. The summed E-state index contributed by atoms with van der Waals surface area (Å²) >= 11 is 0. The van der Waals surface area contributed by atoms with Crippen molar-refractivity contribution in [1.82, 2.24) is 25.1 Å². The third-order valence-electron chi connectivity index (χ3n) is 4.02. The van der Waals surface area contributed by atoms with Gasteiger partial charge in [0.15, 0.2) is 5.82 Å². The molecule has 2 aromatic rings. The second kappa shape index (κ2) is 7.04. The SMILES string of the molecule is CC(C)c1nnnn1CC(=O)N1CCO[C@@H](c2ccc(F)cc2)C1. The van der Waals surface area contributed by atoms with Gasteiger partial charge in [-0.3, -0.25) is 4.79 Å². The summed E-state index contributed by atoms with van der Waals surface area (Å²) in [4.78, 5) is 14.3. The summed E-state index contributed by atoms with van der Waals surface area (Å²) in [5.41, 5.74) is 0.860. The Balaban J connectivity index is 1.66. The Labute approximate surface area is 139 Å². The Bertz CT molecular complexity index is 701. The van der Waals surface area contributed by atoms with Crippen LogP contribution in [0, 0.1) is 5.82 Å². The topological polar surface area (TPSA) is 73.1 Å². The first-order chi connectivity index (χ1) is 11.5. The number of amides is 1. The second-order valence-corrected chi connectivity index (χ2v) is 6.10. The molecule has 1 aromatic carbocycles. The summed E-state index contributed by atoms with van der Waals surface area (Å²) in [6, 6.07) is 6.17. The summed E-state index contributed by atoms with van der Waals surface area (Å²) in [7, 11) is 0. The Morgan fingerprint density at radius 2 is 2.12 bits per heavy atom. The van der Waals surface area contributed by atoms with E-state index in [4.69, 9.17) is 4.74 Å².